The molecule has 0 radical (unpaired) electrons. The Labute approximate surface area is 127 Å². The summed E-state index contributed by atoms with van der Waals surface area (Å²) in [4.78, 5) is 0. The molecule has 5 heteroatoms. The average molecular weight is 315 g/mol. The lowest BCUT2D eigenvalue weighted by molar-refractivity contribution is 0.455. The van der Waals surface area contributed by atoms with E-state index in [0.717, 1.165) is 6.54 Å². The summed E-state index contributed by atoms with van der Waals surface area (Å²) >= 11 is 0. The monoisotopic (exact) mass is 315 g/mol. The van der Waals surface area contributed by atoms with E-state index in [1.807, 2.05) is 13.0 Å². The van der Waals surface area contributed by atoms with Crippen LogP contribution in [0.1, 0.15) is 32.8 Å². The molecule has 0 aliphatic rings. The molecule has 120 valence electrons. The summed E-state index contributed by atoms with van der Waals surface area (Å²) in [6, 6.07) is 6.70. The van der Waals surface area contributed by atoms with Crippen LogP contribution in [0.3, 0.4) is 0 Å². The zero-order chi connectivity index (χ0) is 15.9. The van der Waals surface area contributed by atoms with Gasteiger partial charge < -0.3 is 5.32 Å². The van der Waals surface area contributed by atoms with Crippen molar-refractivity contribution in [2.24, 2.45) is 5.92 Å². The Bertz CT molecular complexity index is 529. The third-order valence-corrected chi connectivity index (χ3v) is 5.92. The number of nitrogens with one attached hydrogen (secondary N) is 1. The molecule has 1 atom stereocenters. The second-order valence-corrected chi connectivity index (χ2v) is 8.35. The number of rotatable bonds is 9. The maximum atomic E-state index is 13.7. The van der Waals surface area contributed by atoms with E-state index in [1.165, 1.54) is 6.07 Å². The molecule has 0 aliphatic heterocycles. The summed E-state index contributed by atoms with van der Waals surface area (Å²) in [5, 5.41) is 2.88. The van der Waals surface area contributed by atoms with Crippen LogP contribution in [0.2, 0.25) is 0 Å². The van der Waals surface area contributed by atoms with Gasteiger partial charge >= 0.3 is 0 Å². The van der Waals surface area contributed by atoms with Gasteiger partial charge in [-0.25, -0.2) is 12.8 Å². The summed E-state index contributed by atoms with van der Waals surface area (Å²) in [7, 11) is -3.04. The molecule has 1 N–H and O–H groups in total. The minimum atomic E-state index is -3.04. The zero-order valence-corrected chi connectivity index (χ0v) is 13.9. The van der Waals surface area contributed by atoms with Gasteiger partial charge in [0.1, 0.15) is 5.82 Å². The molecule has 21 heavy (non-hydrogen) atoms. The molecule has 0 saturated carbocycles. The Hall–Kier alpha value is -0.940. The Balaban J connectivity index is 2.70. The van der Waals surface area contributed by atoms with Crippen LogP contribution in [-0.4, -0.2) is 32.5 Å². The number of sulfone groups is 1. The van der Waals surface area contributed by atoms with Gasteiger partial charge in [0.15, 0.2) is 9.84 Å². The Morgan fingerprint density at radius 1 is 1.24 bits per heavy atom. The zero-order valence-electron chi connectivity index (χ0n) is 13.1. The quantitative estimate of drug-likeness (QED) is 0.762. The molecule has 0 aliphatic carbocycles. The molecule has 1 unspecified atom stereocenters. The molecule has 1 aromatic carbocycles. The van der Waals surface area contributed by atoms with Gasteiger partial charge in [-0.2, -0.15) is 0 Å². The van der Waals surface area contributed by atoms with E-state index in [4.69, 9.17) is 0 Å². The van der Waals surface area contributed by atoms with Gasteiger partial charge in [-0.3, -0.25) is 0 Å². The van der Waals surface area contributed by atoms with Crippen molar-refractivity contribution in [2.75, 3.05) is 18.8 Å². The molecule has 1 aromatic rings. The normalized spacial score (nSPS) is 13.6. The minimum Gasteiger partial charge on any atom is -0.317 e. The molecule has 0 amide bonds. The van der Waals surface area contributed by atoms with Crippen molar-refractivity contribution in [3.8, 4) is 0 Å². The van der Waals surface area contributed by atoms with E-state index in [0.29, 0.717) is 24.9 Å². The highest BCUT2D eigenvalue weighted by molar-refractivity contribution is 7.91. The Kier molecular flexibility index (Phi) is 7.32. The van der Waals surface area contributed by atoms with E-state index in [-0.39, 0.29) is 22.7 Å². The largest absolute Gasteiger partial charge is 0.317 e. The lowest BCUT2D eigenvalue weighted by Crippen LogP contribution is -2.27. The molecule has 3 nitrogen and oxygen atoms in total. The van der Waals surface area contributed by atoms with Crippen molar-refractivity contribution in [1.29, 1.82) is 0 Å². The fraction of sp³-hybridized carbons (Fsp3) is 0.625. The SMILES string of the molecule is CCNCC(CCS(=O)(=O)C(C)C)Cc1ccccc1F. The summed E-state index contributed by atoms with van der Waals surface area (Å²) in [5.74, 6) is 0.0657. The molecule has 0 heterocycles. The second kappa shape index (κ2) is 8.49. The average Bonchev–Trinajstić information content (AvgIpc) is 2.43. The Morgan fingerprint density at radius 3 is 2.48 bits per heavy atom. The van der Waals surface area contributed by atoms with Crippen molar-refractivity contribution in [3.63, 3.8) is 0 Å². The molecule has 0 spiro atoms. The van der Waals surface area contributed by atoms with Crippen molar-refractivity contribution in [2.45, 2.75) is 38.9 Å². The van der Waals surface area contributed by atoms with Crippen LogP contribution < -0.4 is 5.32 Å². The smallest absolute Gasteiger partial charge is 0.152 e. The van der Waals surface area contributed by atoms with E-state index in [1.54, 1.807) is 26.0 Å². The molecule has 0 saturated heterocycles. The fourth-order valence-electron chi connectivity index (χ4n) is 2.17. The van der Waals surface area contributed by atoms with Crippen LogP contribution in [0.25, 0.3) is 0 Å². The highest BCUT2D eigenvalue weighted by Gasteiger charge is 2.20. The maximum Gasteiger partial charge on any atom is 0.152 e. The van der Waals surface area contributed by atoms with Crippen LogP contribution in [0.4, 0.5) is 4.39 Å². The predicted molar refractivity (Wildman–Crippen MR) is 85.7 cm³/mol. The number of halogens is 1. The van der Waals surface area contributed by atoms with Crippen molar-refractivity contribution in [3.05, 3.63) is 35.6 Å². The van der Waals surface area contributed by atoms with Gasteiger partial charge in [0.05, 0.1) is 11.0 Å². The summed E-state index contributed by atoms with van der Waals surface area (Å²) in [5.41, 5.74) is 0.655. The lowest BCUT2D eigenvalue weighted by Gasteiger charge is -2.18. The first-order chi connectivity index (χ1) is 9.86. The van der Waals surface area contributed by atoms with Crippen molar-refractivity contribution >= 4 is 9.84 Å². The molecule has 0 fully saturated rings. The lowest BCUT2D eigenvalue weighted by atomic mass is 9.96. The molecule has 0 aromatic heterocycles. The van der Waals surface area contributed by atoms with Gasteiger partial charge in [-0.15, -0.1) is 0 Å². The summed E-state index contributed by atoms with van der Waals surface area (Å²) < 4.78 is 37.6. The highest BCUT2D eigenvalue weighted by Crippen LogP contribution is 2.17. The standard InChI is InChI=1S/C16H26FNO2S/c1-4-18-12-14(9-10-21(19,20)13(2)3)11-15-7-5-6-8-16(15)17/h5-8,13-14,18H,4,9-12H2,1-3H3. The third-order valence-electron chi connectivity index (χ3n) is 3.68. The fourth-order valence-corrected chi connectivity index (χ4v) is 3.30. The van der Waals surface area contributed by atoms with Crippen LogP contribution in [0, 0.1) is 11.7 Å². The van der Waals surface area contributed by atoms with E-state index >= 15 is 0 Å². The first-order valence-corrected chi connectivity index (χ1v) is 9.24. The van der Waals surface area contributed by atoms with Gasteiger partial charge in [0.25, 0.3) is 0 Å². The van der Waals surface area contributed by atoms with Crippen LogP contribution >= 0.6 is 0 Å². The van der Waals surface area contributed by atoms with Crippen molar-refractivity contribution < 1.29 is 12.8 Å². The predicted octanol–water partition coefficient (Wildman–Crippen LogP) is 2.81. The minimum absolute atomic E-state index is 0.121. The number of benzene rings is 1. The van der Waals surface area contributed by atoms with E-state index in [9.17, 15) is 12.8 Å². The topological polar surface area (TPSA) is 46.2 Å². The maximum absolute atomic E-state index is 13.7. The van der Waals surface area contributed by atoms with Crippen LogP contribution in [0.5, 0.6) is 0 Å². The molecular weight excluding hydrogens is 289 g/mol. The van der Waals surface area contributed by atoms with Gasteiger partial charge in [-0.05, 0) is 57.3 Å². The van der Waals surface area contributed by atoms with Crippen molar-refractivity contribution in [1.82, 2.24) is 5.32 Å². The Morgan fingerprint density at radius 2 is 1.90 bits per heavy atom. The molecular formula is C16H26FNO2S. The van der Waals surface area contributed by atoms with E-state index in [2.05, 4.69) is 5.32 Å². The third kappa shape index (κ3) is 6.14. The second-order valence-electron chi connectivity index (χ2n) is 5.67. The van der Waals surface area contributed by atoms with E-state index < -0.39 is 9.84 Å². The molecule has 1 rings (SSSR count). The number of hydrogen-bond acceptors (Lipinski definition) is 3. The number of hydrogen-bond donors (Lipinski definition) is 1. The highest BCUT2D eigenvalue weighted by atomic mass is 32.2. The van der Waals surface area contributed by atoms with Gasteiger partial charge in [0, 0.05) is 0 Å². The van der Waals surface area contributed by atoms with Crippen LogP contribution in [-0.2, 0) is 16.3 Å². The van der Waals surface area contributed by atoms with Gasteiger partial charge in [-0.1, -0.05) is 25.1 Å². The molecule has 0 bridgehead atoms. The first kappa shape index (κ1) is 18.1. The summed E-state index contributed by atoms with van der Waals surface area (Å²) in [6.07, 6.45) is 1.12. The van der Waals surface area contributed by atoms with Gasteiger partial charge in [0.2, 0.25) is 0 Å². The first-order valence-electron chi connectivity index (χ1n) is 7.52. The summed E-state index contributed by atoms with van der Waals surface area (Å²) in [6.45, 7) is 6.94. The van der Waals surface area contributed by atoms with Crippen LogP contribution in [0.15, 0.2) is 24.3 Å².